The lowest BCUT2D eigenvalue weighted by Gasteiger charge is -2.24. The molecule has 0 spiro atoms. The number of benzene rings is 4. The molecule has 1 aliphatic rings. The molecule has 2 nitrogen and oxygen atoms in total. The summed E-state index contributed by atoms with van der Waals surface area (Å²) < 4.78 is 0. The molecule has 1 heterocycles. The van der Waals surface area contributed by atoms with Gasteiger partial charge in [0.25, 0.3) is 0 Å². The summed E-state index contributed by atoms with van der Waals surface area (Å²) in [5.41, 5.74) is 10.1. The maximum atomic E-state index is 6.25. The number of nitrogens with two attached hydrogens (primary N) is 1. The van der Waals surface area contributed by atoms with Crippen molar-refractivity contribution in [2.75, 3.05) is 0 Å². The number of nitrogens with zero attached hydrogens (tertiary/aromatic N) is 1. The lowest BCUT2D eigenvalue weighted by Crippen LogP contribution is -2.17. The first-order chi connectivity index (χ1) is 14.3. The second-order valence-electron chi connectivity index (χ2n) is 7.71. The highest BCUT2D eigenvalue weighted by Gasteiger charge is 2.19. The normalized spacial score (nSPS) is 15.7. The monoisotopic (exact) mass is 376 g/mol. The molecule has 29 heavy (non-hydrogen) atoms. The van der Waals surface area contributed by atoms with E-state index in [9.17, 15) is 0 Å². The Morgan fingerprint density at radius 3 is 2.34 bits per heavy atom. The molecular weight excluding hydrogens is 352 g/mol. The molecule has 1 aliphatic carbocycles. The molecule has 5 aromatic rings. The van der Waals surface area contributed by atoms with Crippen molar-refractivity contribution >= 4 is 32.4 Å². The molecule has 0 bridgehead atoms. The van der Waals surface area contributed by atoms with E-state index >= 15 is 0 Å². The fraction of sp³-hybridized carbons (Fsp3) is 0.148. The number of hydrogen-bond acceptors (Lipinski definition) is 2. The van der Waals surface area contributed by atoms with Crippen LogP contribution in [0.25, 0.3) is 32.4 Å². The molecule has 1 aromatic heterocycles. The molecule has 1 unspecified atom stereocenters. The maximum Gasteiger partial charge on any atom is 0.0701 e. The van der Waals surface area contributed by atoms with Gasteiger partial charge in [0, 0.05) is 17.6 Å². The van der Waals surface area contributed by atoms with E-state index in [4.69, 9.17) is 5.73 Å². The second kappa shape index (κ2) is 7.65. The quantitative estimate of drug-likeness (QED) is 0.311. The number of aromatic nitrogens is 1. The molecule has 4 aromatic carbocycles. The number of aryl methyl sites for hydroxylation is 1. The van der Waals surface area contributed by atoms with Crippen LogP contribution in [-0.2, 0) is 6.42 Å². The third-order valence-electron chi connectivity index (χ3n) is 5.93. The van der Waals surface area contributed by atoms with Gasteiger partial charge in [-0.3, -0.25) is 4.98 Å². The number of pyridine rings is 1. The predicted octanol–water partition coefficient (Wildman–Crippen LogP) is 6.56. The molecule has 0 aliphatic heterocycles. The van der Waals surface area contributed by atoms with Crippen LogP contribution < -0.4 is 5.73 Å². The minimum Gasteiger partial charge on any atom is -0.324 e. The van der Waals surface area contributed by atoms with Crippen molar-refractivity contribution in [1.82, 2.24) is 4.98 Å². The van der Waals surface area contributed by atoms with E-state index < -0.39 is 0 Å². The van der Waals surface area contributed by atoms with Crippen molar-refractivity contribution in [3.05, 3.63) is 102 Å². The number of hydrogen-bond donors (Lipinski definition) is 1. The summed E-state index contributed by atoms with van der Waals surface area (Å²) in [7, 11) is 0. The predicted molar refractivity (Wildman–Crippen MR) is 123 cm³/mol. The van der Waals surface area contributed by atoms with Crippen LogP contribution in [0.1, 0.15) is 30.0 Å². The van der Waals surface area contributed by atoms with Gasteiger partial charge in [-0.25, -0.2) is 0 Å². The summed E-state index contributed by atoms with van der Waals surface area (Å²) in [5, 5.41) is 6.62. The first-order valence-corrected chi connectivity index (χ1v) is 10.3. The first-order valence-electron chi connectivity index (χ1n) is 10.3. The minimum atomic E-state index is 0.222. The lowest BCUT2D eigenvalue weighted by atomic mass is 9.84. The van der Waals surface area contributed by atoms with Crippen LogP contribution in [0.3, 0.4) is 0 Å². The fourth-order valence-electron chi connectivity index (χ4n) is 4.46. The molecule has 0 saturated heterocycles. The zero-order valence-corrected chi connectivity index (χ0v) is 16.4. The summed E-state index contributed by atoms with van der Waals surface area (Å²) in [5.74, 6) is 0. The first kappa shape index (κ1) is 17.8. The summed E-state index contributed by atoms with van der Waals surface area (Å²) >= 11 is 0. The van der Waals surface area contributed by atoms with E-state index in [0.717, 1.165) is 11.9 Å². The zero-order valence-electron chi connectivity index (χ0n) is 16.4. The van der Waals surface area contributed by atoms with Gasteiger partial charge in [-0.05, 0) is 64.1 Å². The van der Waals surface area contributed by atoms with Crippen LogP contribution in [0.2, 0.25) is 0 Å². The van der Waals surface area contributed by atoms with Gasteiger partial charge in [0.15, 0.2) is 0 Å². The topological polar surface area (TPSA) is 38.9 Å². The standard InChI is InChI=1S/C18H17N.C9H7N/c19-18-7-3-6-14-16-9-8-12-4-1-2-5-13(12)15(16)10-11-17(14)18;1-2-6-9-8(4-1)5-3-7-10-9/h1-2,4-5,8-11,18H,3,6-7,19H2;1-7H. The summed E-state index contributed by atoms with van der Waals surface area (Å²) in [6.07, 6.45) is 5.30. The molecule has 0 amide bonds. The third kappa shape index (κ3) is 3.37. The van der Waals surface area contributed by atoms with E-state index in [-0.39, 0.29) is 6.04 Å². The van der Waals surface area contributed by atoms with Crippen LogP contribution >= 0.6 is 0 Å². The van der Waals surface area contributed by atoms with E-state index in [1.54, 1.807) is 0 Å². The largest absolute Gasteiger partial charge is 0.324 e. The summed E-state index contributed by atoms with van der Waals surface area (Å²) in [4.78, 5) is 4.18. The molecule has 142 valence electrons. The average molecular weight is 377 g/mol. The van der Waals surface area contributed by atoms with Gasteiger partial charge < -0.3 is 5.73 Å². The molecule has 0 fully saturated rings. The molecular formula is C27H24N2. The highest BCUT2D eigenvalue weighted by atomic mass is 14.6. The van der Waals surface area contributed by atoms with Crippen LogP contribution in [-0.4, -0.2) is 4.98 Å². The molecule has 0 saturated carbocycles. The summed E-state index contributed by atoms with van der Waals surface area (Å²) in [6.45, 7) is 0. The molecule has 0 radical (unpaired) electrons. The van der Waals surface area contributed by atoms with Gasteiger partial charge in [0.2, 0.25) is 0 Å². The van der Waals surface area contributed by atoms with Gasteiger partial charge in [-0.2, -0.15) is 0 Å². The highest BCUT2D eigenvalue weighted by Crippen LogP contribution is 2.36. The summed E-state index contributed by atoms with van der Waals surface area (Å²) in [6, 6.07) is 29.9. The van der Waals surface area contributed by atoms with Crippen LogP contribution in [0.4, 0.5) is 0 Å². The van der Waals surface area contributed by atoms with E-state index in [0.29, 0.717) is 0 Å². The Balaban J connectivity index is 0.000000153. The van der Waals surface area contributed by atoms with E-state index in [1.807, 2.05) is 30.5 Å². The Morgan fingerprint density at radius 1 is 0.690 bits per heavy atom. The van der Waals surface area contributed by atoms with Crippen molar-refractivity contribution in [3.8, 4) is 0 Å². The van der Waals surface area contributed by atoms with Crippen molar-refractivity contribution in [2.24, 2.45) is 5.73 Å². The van der Waals surface area contributed by atoms with E-state index in [1.165, 1.54) is 50.9 Å². The second-order valence-corrected chi connectivity index (χ2v) is 7.71. The highest BCUT2D eigenvalue weighted by molar-refractivity contribution is 6.08. The molecule has 6 rings (SSSR count). The van der Waals surface area contributed by atoms with Crippen LogP contribution in [0.15, 0.2) is 91.1 Å². The Morgan fingerprint density at radius 2 is 1.45 bits per heavy atom. The van der Waals surface area contributed by atoms with Crippen molar-refractivity contribution in [3.63, 3.8) is 0 Å². The molecule has 2 N–H and O–H groups in total. The fourth-order valence-corrected chi connectivity index (χ4v) is 4.46. The Hall–Kier alpha value is -3.23. The molecule has 1 atom stereocenters. The van der Waals surface area contributed by atoms with Gasteiger partial charge in [0.05, 0.1) is 5.52 Å². The maximum absolute atomic E-state index is 6.25. The van der Waals surface area contributed by atoms with Gasteiger partial charge in [-0.1, -0.05) is 72.8 Å². The number of para-hydroxylation sites is 1. The van der Waals surface area contributed by atoms with Crippen molar-refractivity contribution in [2.45, 2.75) is 25.3 Å². The number of fused-ring (bicyclic) bond motifs is 6. The van der Waals surface area contributed by atoms with Gasteiger partial charge in [0.1, 0.15) is 0 Å². The van der Waals surface area contributed by atoms with Gasteiger partial charge in [-0.15, -0.1) is 0 Å². The molecule has 2 heteroatoms. The third-order valence-corrected chi connectivity index (χ3v) is 5.93. The SMILES string of the molecule is NC1CCCc2c1ccc1c2ccc2ccccc21.c1ccc2ncccc2c1. The van der Waals surface area contributed by atoms with Crippen LogP contribution in [0.5, 0.6) is 0 Å². The van der Waals surface area contributed by atoms with Crippen molar-refractivity contribution in [1.29, 1.82) is 0 Å². The van der Waals surface area contributed by atoms with E-state index in [2.05, 4.69) is 65.6 Å². The van der Waals surface area contributed by atoms with Crippen LogP contribution in [0, 0.1) is 0 Å². The van der Waals surface area contributed by atoms with Crippen molar-refractivity contribution < 1.29 is 0 Å². The Kier molecular flexibility index (Phi) is 4.71. The lowest BCUT2D eigenvalue weighted by molar-refractivity contribution is 0.573. The minimum absolute atomic E-state index is 0.222. The smallest absolute Gasteiger partial charge is 0.0701 e. The van der Waals surface area contributed by atoms with Gasteiger partial charge >= 0.3 is 0 Å². The number of rotatable bonds is 0. The zero-order chi connectivity index (χ0) is 19.6. The average Bonchev–Trinajstić information content (AvgIpc) is 2.79. The Labute approximate surface area is 171 Å². The Bertz CT molecular complexity index is 1240.